The van der Waals surface area contributed by atoms with Crippen molar-refractivity contribution >= 4 is 5.91 Å². The van der Waals surface area contributed by atoms with Crippen LogP contribution >= 0.6 is 0 Å². The Kier molecular flexibility index (Phi) is 3.50. The van der Waals surface area contributed by atoms with Crippen LogP contribution < -0.4 is 5.32 Å². The summed E-state index contributed by atoms with van der Waals surface area (Å²) < 4.78 is 0. The average molecular weight is 235 g/mol. The smallest absolute Gasteiger partial charge is 0.254 e. The summed E-state index contributed by atoms with van der Waals surface area (Å²) in [7, 11) is 0. The van der Waals surface area contributed by atoms with E-state index in [9.17, 15) is 4.79 Å². The van der Waals surface area contributed by atoms with E-state index in [2.05, 4.69) is 29.4 Å². The van der Waals surface area contributed by atoms with Crippen molar-refractivity contribution in [2.75, 3.05) is 0 Å². The fourth-order valence-corrected chi connectivity index (χ4v) is 2.85. The molecule has 1 aliphatic carbocycles. The fraction of sp³-hybridized carbons (Fsp3) is 0.692. The van der Waals surface area contributed by atoms with Crippen molar-refractivity contribution < 1.29 is 4.79 Å². The minimum Gasteiger partial charge on any atom is -0.349 e. The molecule has 1 heterocycles. The van der Waals surface area contributed by atoms with E-state index in [1.54, 1.807) is 6.20 Å². The normalized spacial score (nSPS) is 28.3. The molecule has 1 amide bonds. The largest absolute Gasteiger partial charge is 0.349 e. The van der Waals surface area contributed by atoms with Crippen LogP contribution in [0.25, 0.3) is 0 Å². The first kappa shape index (κ1) is 12.1. The summed E-state index contributed by atoms with van der Waals surface area (Å²) in [5.41, 5.74) is 1.50. The number of nitrogens with one attached hydrogen (secondary N) is 2. The lowest BCUT2D eigenvalue weighted by Gasteiger charge is -2.20. The first-order chi connectivity index (χ1) is 8.13. The number of H-pyrrole nitrogens is 1. The van der Waals surface area contributed by atoms with Gasteiger partial charge in [-0.25, -0.2) is 0 Å². The predicted octanol–water partition coefficient (Wildman–Crippen LogP) is 2.27. The third-order valence-electron chi connectivity index (χ3n) is 4.14. The van der Waals surface area contributed by atoms with Crippen molar-refractivity contribution in [1.29, 1.82) is 0 Å². The number of aromatic nitrogens is 2. The van der Waals surface area contributed by atoms with E-state index < -0.39 is 0 Å². The van der Waals surface area contributed by atoms with Crippen molar-refractivity contribution in [2.24, 2.45) is 11.8 Å². The molecule has 0 bridgehead atoms. The lowest BCUT2D eigenvalue weighted by molar-refractivity contribution is 0.0926. The molecule has 1 saturated carbocycles. The predicted molar refractivity (Wildman–Crippen MR) is 66.8 cm³/mol. The van der Waals surface area contributed by atoms with Crippen molar-refractivity contribution in [1.82, 2.24) is 15.5 Å². The first-order valence-corrected chi connectivity index (χ1v) is 6.44. The number of rotatable bonds is 3. The van der Waals surface area contributed by atoms with Crippen LogP contribution in [0, 0.1) is 18.8 Å². The maximum Gasteiger partial charge on any atom is 0.254 e. The van der Waals surface area contributed by atoms with E-state index in [1.165, 1.54) is 12.8 Å². The Morgan fingerprint density at radius 3 is 2.88 bits per heavy atom. The number of aryl methyl sites for hydroxylation is 1. The molecule has 1 fully saturated rings. The molecule has 3 unspecified atom stereocenters. The van der Waals surface area contributed by atoms with Gasteiger partial charge in [-0.2, -0.15) is 5.10 Å². The second-order valence-corrected chi connectivity index (χ2v) is 5.09. The maximum absolute atomic E-state index is 12.1. The monoisotopic (exact) mass is 235 g/mol. The number of hydrogen-bond donors (Lipinski definition) is 2. The number of aromatic amines is 1. The molecule has 4 heteroatoms. The molecule has 94 valence electrons. The van der Waals surface area contributed by atoms with Crippen LogP contribution in [-0.4, -0.2) is 22.1 Å². The number of amides is 1. The molecule has 1 aliphatic rings. The molecule has 1 aromatic heterocycles. The average Bonchev–Trinajstić information content (AvgIpc) is 2.87. The van der Waals surface area contributed by atoms with Crippen LogP contribution in [0.2, 0.25) is 0 Å². The molecule has 2 rings (SSSR count). The van der Waals surface area contributed by atoms with Gasteiger partial charge in [0.2, 0.25) is 0 Å². The summed E-state index contributed by atoms with van der Waals surface area (Å²) in [6, 6.07) is 0.321. The Bertz CT molecular complexity index is 399. The minimum atomic E-state index is 0.00449. The molecule has 1 aromatic rings. The van der Waals surface area contributed by atoms with Crippen LogP contribution in [-0.2, 0) is 0 Å². The summed E-state index contributed by atoms with van der Waals surface area (Å²) in [6.07, 6.45) is 5.13. The molecule has 2 N–H and O–H groups in total. The Morgan fingerprint density at radius 1 is 1.59 bits per heavy atom. The fourth-order valence-electron chi connectivity index (χ4n) is 2.85. The van der Waals surface area contributed by atoms with E-state index in [1.807, 2.05) is 6.92 Å². The topological polar surface area (TPSA) is 57.8 Å². The molecule has 0 saturated heterocycles. The van der Waals surface area contributed by atoms with Gasteiger partial charge in [-0.15, -0.1) is 0 Å². The van der Waals surface area contributed by atoms with Crippen LogP contribution in [0.3, 0.4) is 0 Å². The maximum atomic E-state index is 12.1. The van der Waals surface area contributed by atoms with Crippen LogP contribution in [0.1, 0.15) is 49.2 Å². The quantitative estimate of drug-likeness (QED) is 0.844. The summed E-state index contributed by atoms with van der Waals surface area (Å²) >= 11 is 0. The Morgan fingerprint density at radius 2 is 2.35 bits per heavy atom. The van der Waals surface area contributed by atoms with E-state index in [4.69, 9.17) is 0 Å². The first-order valence-electron chi connectivity index (χ1n) is 6.44. The van der Waals surface area contributed by atoms with Crippen LogP contribution in [0.15, 0.2) is 6.20 Å². The molecular weight excluding hydrogens is 214 g/mol. The summed E-state index contributed by atoms with van der Waals surface area (Å²) in [5.74, 6) is 1.34. The van der Waals surface area contributed by atoms with E-state index in [-0.39, 0.29) is 5.91 Å². The van der Waals surface area contributed by atoms with E-state index in [0.29, 0.717) is 17.5 Å². The SMILES string of the molecule is CCC1CCC(NC(=O)c2cn[nH]c2C)C1C. The highest BCUT2D eigenvalue weighted by atomic mass is 16.1. The molecule has 4 nitrogen and oxygen atoms in total. The highest BCUT2D eigenvalue weighted by Gasteiger charge is 2.32. The zero-order chi connectivity index (χ0) is 12.4. The molecule has 17 heavy (non-hydrogen) atoms. The lowest BCUT2D eigenvalue weighted by atomic mass is 9.93. The molecule has 0 spiro atoms. The highest BCUT2D eigenvalue weighted by Crippen LogP contribution is 2.33. The van der Waals surface area contributed by atoms with Gasteiger partial charge < -0.3 is 5.32 Å². The summed E-state index contributed by atoms with van der Waals surface area (Å²) in [6.45, 7) is 6.34. The Labute approximate surface area is 102 Å². The van der Waals surface area contributed by atoms with Crippen LogP contribution in [0.5, 0.6) is 0 Å². The second-order valence-electron chi connectivity index (χ2n) is 5.09. The van der Waals surface area contributed by atoms with Crippen molar-refractivity contribution in [3.8, 4) is 0 Å². The molecular formula is C13H21N3O. The minimum absolute atomic E-state index is 0.00449. The third-order valence-corrected chi connectivity index (χ3v) is 4.14. The van der Waals surface area contributed by atoms with Crippen molar-refractivity contribution in [3.05, 3.63) is 17.5 Å². The summed E-state index contributed by atoms with van der Waals surface area (Å²) in [4.78, 5) is 12.1. The summed E-state index contributed by atoms with van der Waals surface area (Å²) in [5, 5.41) is 9.81. The van der Waals surface area contributed by atoms with Gasteiger partial charge >= 0.3 is 0 Å². The third kappa shape index (κ3) is 2.35. The van der Waals surface area contributed by atoms with Gasteiger partial charge in [0, 0.05) is 11.7 Å². The number of hydrogen-bond acceptors (Lipinski definition) is 2. The Hall–Kier alpha value is -1.32. The number of nitrogens with zero attached hydrogens (tertiary/aromatic N) is 1. The van der Waals surface area contributed by atoms with Gasteiger partial charge in [-0.3, -0.25) is 9.89 Å². The van der Waals surface area contributed by atoms with Gasteiger partial charge in [0.15, 0.2) is 0 Å². The molecule has 0 aromatic carbocycles. The van der Waals surface area contributed by atoms with E-state index >= 15 is 0 Å². The lowest BCUT2D eigenvalue weighted by Crippen LogP contribution is -2.37. The van der Waals surface area contributed by atoms with Gasteiger partial charge in [0.05, 0.1) is 11.8 Å². The van der Waals surface area contributed by atoms with Gasteiger partial charge in [0.1, 0.15) is 0 Å². The number of carbonyl (C=O) groups is 1. The standard InChI is InChI=1S/C13H21N3O/c1-4-10-5-6-12(8(10)2)15-13(17)11-7-14-16-9(11)3/h7-8,10,12H,4-6H2,1-3H3,(H,14,16)(H,15,17). The van der Waals surface area contributed by atoms with E-state index in [0.717, 1.165) is 18.0 Å². The zero-order valence-corrected chi connectivity index (χ0v) is 10.8. The van der Waals surface area contributed by atoms with Gasteiger partial charge in [0.25, 0.3) is 5.91 Å². The zero-order valence-electron chi connectivity index (χ0n) is 10.8. The molecule has 0 aliphatic heterocycles. The Balaban J connectivity index is 1.99. The van der Waals surface area contributed by atoms with Crippen molar-refractivity contribution in [3.63, 3.8) is 0 Å². The van der Waals surface area contributed by atoms with Crippen LogP contribution in [0.4, 0.5) is 0 Å². The molecule has 3 atom stereocenters. The van der Waals surface area contributed by atoms with Crippen molar-refractivity contribution in [2.45, 2.75) is 46.1 Å². The number of carbonyl (C=O) groups excluding carboxylic acids is 1. The highest BCUT2D eigenvalue weighted by molar-refractivity contribution is 5.95. The molecule has 0 radical (unpaired) electrons. The van der Waals surface area contributed by atoms with Gasteiger partial charge in [-0.1, -0.05) is 20.3 Å². The second kappa shape index (κ2) is 4.90. The van der Waals surface area contributed by atoms with Gasteiger partial charge in [-0.05, 0) is 31.6 Å².